The Morgan fingerprint density at radius 1 is 1.09 bits per heavy atom. The summed E-state index contributed by atoms with van der Waals surface area (Å²) >= 11 is 0. The molecule has 2 aliphatic rings. The summed E-state index contributed by atoms with van der Waals surface area (Å²) in [6.45, 7) is 6.22. The molecule has 0 aliphatic carbocycles. The van der Waals surface area contributed by atoms with E-state index >= 15 is 0 Å². The number of carbonyl (C=O) groups excluding carboxylic acids is 1. The molecular formula is C21H25N5O5S. The Labute approximate surface area is 186 Å². The summed E-state index contributed by atoms with van der Waals surface area (Å²) < 4.78 is 25.5. The third-order valence-corrected chi connectivity index (χ3v) is 7.72. The van der Waals surface area contributed by atoms with E-state index in [2.05, 4.69) is 16.0 Å². The minimum Gasteiger partial charge on any atom is -0.353 e. The molecule has 2 fully saturated rings. The van der Waals surface area contributed by atoms with Gasteiger partial charge in [0.05, 0.1) is 16.4 Å². The Hall–Kier alpha value is -3.21. The van der Waals surface area contributed by atoms with Crippen molar-refractivity contribution in [3.8, 4) is 0 Å². The maximum absolute atomic E-state index is 13.1. The van der Waals surface area contributed by atoms with Gasteiger partial charge in [0.1, 0.15) is 11.4 Å². The Morgan fingerprint density at radius 3 is 2.41 bits per heavy atom. The second kappa shape index (κ2) is 8.38. The van der Waals surface area contributed by atoms with Crippen LogP contribution < -0.4 is 9.21 Å². The minimum atomic E-state index is -3.47. The molecule has 0 atom stereocenters. The molecule has 1 aromatic carbocycles. The number of nitro groups is 1. The Balaban J connectivity index is 1.53. The molecule has 1 amide bonds. The molecule has 0 unspecified atom stereocenters. The maximum atomic E-state index is 13.1. The van der Waals surface area contributed by atoms with Crippen molar-refractivity contribution in [2.45, 2.75) is 20.3 Å². The first-order valence-corrected chi connectivity index (χ1v) is 12.0. The maximum Gasteiger partial charge on any atom is 0.284 e. The van der Waals surface area contributed by atoms with Crippen molar-refractivity contribution in [1.29, 1.82) is 0 Å². The number of aryl methyl sites for hydroxylation is 2. The number of hydrogen-bond donors (Lipinski definition) is 0. The summed E-state index contributed by atoms with van der Waals surface area (Å²) in [5, 5.41) is 11.7. The third kappa shape index (κ3) is 4.12. The fourth-order valence-corrected chi connectivity index (χ4v) is 5.82. The van der Waals surface area contributed by atoms with E-state index in [1.165, 1.54) is 22.5 Å². The van der Waals surface area contributed by atoms with Crippen molar-refractivity contribution in [2.24, 2.45) is 0 Å². The van der Waals surface area contributed by atoms with Crippen LogP contribution in [0, 0.1) is 24.0 Å². The quantitative estimate of drug-likeness (QED) is 0.508. The number of hydrogen-bond acceptors (Lipinski definition) is 7. The van der Waals surface area contributed by atoms with Gasteiger partial charge < -0.3 is 9.80 Å². The van der Waals surface area contributed by atoms with E-state index in [0.717, 1.165) is 16.9 Å². The van der Waals surface area contributed by atoms with Gasteiger partial charge in [0.25, 0.3) is 11.6 Å². The smallest absolute Gasteiger partial charge is 0.284 e. The third-order valence-electron chi connectivity index (χ3n) is 5.85. The average molecular weight is 460 g/mol. The first-order chi connectivity index (χ1) is 15.2. The van der Waals surface area contributed by atoms with E-state index in [1.807, 2.05) is 20.0 Å². The molecule has 1 aromatic heterocycles. The molecule has 0 saturated carbocycles. The molecule has 2 saturated heterocycles. The number of nitrogens with zero attached hydrogens (tertiary/aromatic N) is 5. The van der Waals surface area contributed by atoms with Crippen LogP contribution in [0.1, 0.15) is 27.9 Å². The normalized spacial score (nSPS) is 18.1. The molecule has 2 aromatic rings. The molecule has 32 heavy (non-hydrogen) atoms. The van der Waals surface area contributed by atoms with Gasteiger partial charge in [-0.25, -0.2) is 13.4 Å². The van der Waals surface area contributed by atoms with Crippen LogP contribution in [0.25, 0.3) is 0 Å². The molecule has 10 nitrogen and oxygen atoms in total. The highest BCUT2D eigenvalue weighted by Gasteiger charge is 2.32. The molecule has 0 spiro atoms. The van der Waals surface area contributed by atoms with Crippen LogP contribution in [0.3, 0.4) is 0 Å². The zero-order valence-corrected chi connectivity index (χ0v) is 18.8. The van der Waals surface area contributed by atoms with Crippen LogP contribution in [-0.4, -0.2) is 67.6 Å². The van der Waals surface area contributed by atoms with E-state index < -0.39 is 20.9 Å². The lowest BCUT2D eigenvalue weighted by Crippen LogP contribution is -2.49. The number of rotatable bonds is 4. The monoisotopic (exact) mass is 459 g/mol. The summed E-state index contributed by atoms with van der Waals surface area (Å²) in [6, 6.07) is 6.08. The van der Waals surface area contributed by atoms with Gasteiger partial charge in [0.2, 0.25) is 10.0 Å². The lowest BCUT2D eigenvalue weighted by molar-refractivity contribution is -0.385. The van der Waals surface area contributed by atoms with Crippen molar-refractivity contribution in [3.63, 3.8) is 0 Å². The summed E-state index contributed by atoms with van der Waals surface area (Å²) in [5.74, 6) is 0.465. The Bertz CT molecular complexity index is 1180. The zero-order valence-electron chi connectivity index (χ0n) is 18.0. The lowest BCUT2D eigenvalue weighted by Gasteiger charge is -2.36. The standard InChI is InChI=1S/C21H25N5O5S/c1-15-12-16(2)20(22-14-15)23-7-9-24(10-8-23)21(27)18-5-4-17(13-19(18)26(28)29)25-6-3-11-32(25,30)31/h4-5,12-14H,3,6-11H2,1-2H3. The number of sulfonamides is 1. The number of aromatic nitrogens is 1. The molecule has 2 aliphatic heterocycles. The van der Waals surface area contributed by atoms with Crippen molar-refractivity contribution in [3.05, 3.63) is 57.3 Å². The minimum absolute atomic E-state index is 0.0150. The first-order valence-electron chi connectivity index (χ1n) is 10.4. The largest absolute Gasteiger partial charge is 0.353 e. The van der Waals surface area contributed by atoms with Gasteiger partial charge in [-0.15, -0.1) is 0 Å². The summed E-state index contributed by atoms with van der Waals surface area (Å²) in [7, 11) is -3.47. The van der Waals surface area contributed by atoms with Crippen LogP contribution in [-0.2, 0) is 10.0 Å². The number of nitro benzene ring substituents is 1. The molecule has 0 bridgehead atoms. The average Bonchev–Trinajstić information content (AvgIpc) is 3.12. The van der Waals surface area contributed by atoms with Crippen LogP contribution >= 0.6 is 0 Å². The number of amides is 1. The molecule has 0 radical (unpaired) electrons. The van der Waals surface area contributed by atoms with Crippen LogP contribution in [0.5, 0.6) is 0 Å². The van der Waals surface area contributed by atoms with E-state index in [9.17, 15) is 23.3 Å². The molecular weight excluding hydrogens is 434 g/mol. The highest BCUT2D eigenvalue weighted by atomic mass is 32.2. The van der Waals surface area contributed by atoms with Gasteiger partial charge >= 0.3 is 0 Å². The van der Waals surface area contributed by atoms with Gasteiger partial charge in [0, 0.05) is 45.0 Å². The van der Waals surface area contributed by atoms with E-state index in [0.29, 0.717) is 32.6 Å². The van der Waals surface area contributed by atoms with Gasteiger partial charge in [-0.2, -0.15) is 0 Å². The van der Waals surface area contributed by atoms with Crippen molar-refractivity contribution < 1.29 is 18.1 Å². The number of pyridine rings is 1. The van der Waals surface area contributed by atoms with Crippen LogP contribution in [0.15, 0.2) is 30.5 Å². The zero-order chi connectivity index (χ0) is 23.0. The number of carbonyl (C=O) groups is 1. The van der Waals surface area contributed by atoms with E-state index in [-0.39, 0.29) is 29.2 Å². The topological polar surface area (TPSA) is 117 Å². The molecule has 170 valence electrons. The predicted molar refractivity (Wildman–Crippen MR) is 121 cm³/mol. The van der Waals surface area contributed by atoms with Gasteiger partial charge in [-0.3, -0.25) is 19.2 Å². The van der Waals surface area contributed by atoms with Gasteiger partial charge in [-0.1, -0.05) is 6.07 Å². The van der Waals surface area contributed by atoms with Crippen LogP contribution in [0.2, 0.25) is 0 Å². The highest BCUT2D eigenvalue weighted by Crippen LogP contribution is 2.31. The van der Waals surface area contributed by atoms with E-state index in [4.69, 9.17) is 0 Å². The predicted octanol–water partition coefficient (Wildman–Crippen LogP) is 2.11. The second-order valence-electron chi connectivity index (χ2n) is 8.13. The summed E-state index contributed by atoms with van der Waals surface area (Å²) in [6.07, 6.45) is 2.28. The van der Waals surface area contributed by atoms with Crippen molar-refractivity contribution >= 4 is 33.1 Å². The molecule has 11 heteroatoms. The molecule has 4 rings (SSSR count). The lowest BCUT2D eigenvalue weighted by atomic mass is 10.1. The van der Waals surface area contributed by atoms with Crippen LogP contribution in [0.4, 0.5) is 17.2 Å². The van der Waals surface area contributed by atoms with Crippen molar-refractivity contribution in [2.75, 3.05) is 47.7 Å². The SMILES string of the molecule is Cc1cnc(N2CCN(C(=O)c3ccc(N4CCCS4(=O)=O)cc3[N+](=O)[O-])CC2)c(C)c1. The first kappa shape index (κ1) is 22.0. The van der Waals surface area contributed by atoms with Gasteiger partial charge in [-0.05, 0) is 43.5 Å². The van der Waals surface area contributed by atoms with E-state index in [1.54, 1.807) is 4.90 Å². The van der Waals surface area contributed by atoms with Crippen molar-refractivity contribution in [1.82, 2.24) is 9.88 Å². The Kier molecular flexibility index (Phi) is 5.76. The molecule has 0 N–H and O–H groups in total. The Morgan fingerprint density at radius 2 is 1.81 bits per heavy atom. The fraction of sp³-hybridized carbons (Fsp3) is 0.429. The van der Waals surface area contributed by atoms with Gasteiger partial charge in [0.15, 0.2) is 0 Å². The molecule has 3 heterocycles. The number of benzene rings is 1. The second-order valence-corrected chi connectivity index (χ2v) is 10.1. The number of piperazine rings is 1. The summed E-state index contributed by atoms with van der Waals surface area (Å²) in [4.78, 5) is 32.4. The summed E-state index contributed by atoms with van der Waals surface area (Å²) in [5.41, 5.74) is 1.95. The fourth-order valence-electron chi connectivity index (χ4n) is 4.27. The highest BCUT2D eigenvalue weighted by molar-refractivity contribution is 7.93. The number of anilines is 2.